The highest BCUT2D eigenvalue weighted by Gasteiger charge is 2.22. The van der Waals surface area contributed by atoms with Gasteiger partial charge in [-0.2, -0.15) is 4.31 Å². The lowest BCUT2D eigenvalue weighted by Gasteiger charge is -2.27. The Hall–Kier alpha value is -2.45. The number of sulfonamides is 1. The minimum atomic E-state index is -3.70. The van der Waals surface area contributed by atoms with Gasteiger partial charge in [0.15, 0.2) is 0 Å². The van der Waals surface area contributed by atoms with Crippen molar-refractivity contribution >= 4 is 27.4 Å². The summed E-state index contributed by atoms with van der Waals surface area (Å²) in [4.78, 5) is 19.0. The Morgan fingerprint density at radius 2 is 1.81 bits per heavy atom. The molecule has 0 spiro atoms. The maximum atomic E-state index is 12.5. The molecule has 0 radical (unpaired) electrons. The van der Waals surface area contributed by atoms with E-state index in [0.29, 0.717) is 5.69 Å². The van der Waals surface area contributed by atoms with E-state index in [0.717, 1.165) is 23.2 Å². The van der Waals surface area contributed by atoms with Gasteiger partial charge in [-0.25, -0.2) is 13.4 Å². The maximum absolute atomic E-state index is 12.5. The number of carbonyl (C=O) groups is 1. The molecule has 1 N–H and O–H groups in total. The molecule has 1 amide bonds. The third-order valence-corrected chi connectivity index (χ3v) is 6.35. The number of benzene rings is 1. The van der Waals surface area contributed by atoms with Crippen molar-refractivity contribution < 1.29 is 13.2 Å². The number of nitrogens with one attached hydrogen (secondary N) is 1. The maximum Gasteiger partial charge on any atom is 0.243 e. The summed E-state index contributed by atoms with van der Waals surface area (Å²) in [6.07, 6.45) is 5.20. The van der Waals surface area contributed by atoms with Crippen LogP contribution in [-0.4, -0.2) is 50.3 Å². The van der Waals surface area contributed by atoms with Crippen LogP contribution in [0.3, 0.4) is 0 Å². The van der Waals surface area contributed by atoms with Crippen molar-refractivity contribution in [1.82, 2.24) is 9.29 Å². The molecule has 0 unspecified atom stereocenters. The number of rotatable bonds is 6. The number of nitrogens with zero attached hydrogens (tertiary/aromatic N) is 3. The molecule has 0 atom stereocenters. The van der Waals surface area contributed by atoms with Gasteiger partial charge in [-0.3, -0.25) is 4.79 Å². The number of pyridine rings is 1. The number of aromatic nitrogens is 1. The van der Waals surface area contributed by atoms with E-state index in [1.807, 2.05) is 6.07 Å². The lowest BCUT2D eigenvalue weighted by molar-refractivity contribution is -0.116. The van der Waals surface area contributed by atoms with Crippen molar-refractivity contribution in [2.75, 3.05) is 36.9 Å². The second kappa shape index (κ2) is 8.49. The topological polar surface area (TPSA) is 82.6 Å². The first kappa shape index (κ1) is 19.3. The standard InChI is InChI=1S/C19H24N4O3S/c1-22(27(25,26)17-8-4-2-5-9-17)15-19(24)21-16-10-11-18(20-14-16)23-12-6-3-7-13-23/h2,4-5,8-11,14H,3,6-7,12-13,15H2,1H3,(H,21,24). The number of amides is 1. The van der Waals surface area contributed by atoms with E-state index in [-0.39, 0.29) is 11.4 Å². The second-order valence-corrected chi connectivity index (χ2v) is 8.62. The smallest absolute Gasteiger partial charge is 0.243 e. The number of piperidine rings is 1. The van der Waals surface area contributed by atoms with Crippen molar-refractivity contribution in [1.29, 1.82) is 0 Å². The van der Waals surface area contributed by atoms with Crippen molar-refractivity contribution in [2.24, 2.45) is 0 Å². The molecule has 2 aromatic rings. The van der Waals surface area contributed by atoms with Crippen molar-refractivity contribution in [3.05, 3.63) is 48.7 Å². The van der Waals surface area contributed by atoms with Crippen LogP contribution in [0.15, 0.2) is 53.6 Å². The van der Waals surface area contributed by atoms with Crippen LogP contribution in [0.5, 0.6) is 0 Å². The molecule has 1 aromatic heterocycles. The molecule has 1 aliphatic rings. The molecular weight excluding hydrogens is 364 g/mol. The predicted molar refractivity (Wildman–Crippen MR) is 105 cm³/mol. The van der Waals surface area contributed by atoms with Gasteiger partial charge in [-0.1, -0.05) is 18.2 Å². The largest absolute Gasteiger partial charge is 0.357 e. The number of anilines is 2. The van der Waals surface area contributed by atoms with E-state index in [9.17, 15) is 13.2 Å². The first-order valence-corrected chi connectivity index (χ1v) is 10.4. The van der Waals surface area contributed by atoms with Crippen LogP contribution in [0.25, 0.3) is 0 Å². The van der Waals surface area contributed by atoms with Crippen LogP contribution in [-0.2, 0) is 14.8 Å². The molecule has 0 bridgehead atoms. The van der Waals surface area contributed by atoms with Gasteiger partial charge in [-0.05, 0) is 43.5 Å². The fourth-order valence-electron chi connectivity index (χ4n) is 3.03. The molecule has 27 heavy (non-hydrogen) atoms. The zero-order valence-corrected chi connectivity index (χ0v) is 16.2. The number of likely N-dealkylation sites (N-methyl/N-ethyl adjacent to an activating group) is 1. The number of hydrogen-bond acceptors (Lipinski definition) is 5. The average Bonchev–Trinajstić information content (AvgIpc) is 2.70. The third-order valence-electron chi connectivity index (χ3n) is 4.53. The van der Waals surface area contributed by atoms with Gasteiger partial charge in [0, 0.05) is 20.1 Å². The van der Waals surface area contributed by atoms with Gasteiger partial charge < -0.3 is 10.2 Å². The van der Waals surface area contributed by atoms with E-state index in [4.69, 9.17) is 0 Å². The Morgan fingerprint density at radius 3 is 2.44 bits per heavy atom. The van der Waals surface area contributed by atoms with E-state index in [1.54, 1.807) is 30.5 Å². The van der Waals surface area contributed by atoms with Crippen LogP contribution in [0.4, 0.5) is 11.5 Å². The third kappa shape index (κ3) is 4.84. The molecule has 1 aromatic carbocycles. The zero-order valence-electron chi connectivity index (χ0n) is 15.3. The lowest BCUT2D eigenvalue weighted by Crippen LogP contribution is -2.35. The Bertz CT molecular complexity index is 864. The highest BCUT2D eigenvalue weighted by molar-refractivity contribution is 7.89. The minimum absolute atomic E-state index is 0.160. The number of carbonyl (C=O) groups excluding carboxylic acids is 1. The SMILES string of the molecule is CN(CC(=O)Nc1ccc(N2CCCCC2)nc1)S(=O)(=O)c1ccccc1. The summed E-state index contributed by atoms with van der Waals surface area (Å²) in [5.74, 6) is 0.487. The van der Waals surface area contributed by atoms with Gasteiger partial charge in [0.25, 0.3) is 0 Å². The molecule has 144 valence electrons. The van der Waals surface area contributed by atoms with Crippen molar-refractivity contribution in [2.45, 2.75) is 24.2 Å². The van der Waals surface area contributed by atoms with Crippen LogP contribution in [0, 0.1) is 0 Å². The van der Waals surface area contributed by atoms with Crippen molar-refractivity contribution in [3.63, 3.8) is 0 Å². The summed E-state index contributed by atoms with van der Waals surface area (Å²) in [6.45, 7) is 1.73. The summed E-state index contributed by atoms with van der Waals surface area (Å²) in [7, 11) is -2.31. The monoisotopic (exact) mass is 388 g/mol. The summed E-state index contributed by atoms with van der Waals surface area (Å²) in [5, 5.41) is 2.70. The fraction of sp³-hybridized carbons (Fsp3) is 0.368. The van der Waals surface area contributed by atoms with Crippen molar-refractivity contribution in [3.8, 4) is 0 Å². The molecular formula is C19H24N4O3S. The van der Waals surface area contributed by atoms with Crippen LogP contribution >= 0.6 is 0 Å². The van der Waals surface area contributed by atoms with E-state index < -0.39 is 15.9 Å². The van der Waals surface area contributed by atoms with Crippen LogP contribution in [0.1, 0.15) is 19.3 Å². The normalized spacial score (nSPS) is 15.0. The molecule has 1 fully saturated rings. The first-order valence-electron chi connectivity index (χ1n) is 8.99. The van der Waals surface area contributed by atoms with E-state index in [1.165, 1.54) is 38.4 Å². The molecule has 1 aliphatic heterocycles. The number of hydrogen-bond donors (Lipinski definition) is 1. The van der Waals surface area contributed by atoms with Gasteiger partial charge in [0.1, 0.15) is 5.82 Å². The van der Waals surface area contributed by atoms with Gasteiger partial charge in [0.2, 0.25) is 15.9 Å². The fourth-order valence-corrected chi connectivity index (χ4v) is 4.18. The molecule has 1 saturated heterocycles. The summed E-state index contributed by atoms with van der Waals surface area (Å²) >= 11 is 0. The average molecular weight is 388 g/mol. The molecule has 2 heterocycles. The van der Waals surface area contributed by atoms with E-state index >= 15 is 0 Å². The summed E-state index contributed by atoms with van der Waals surface area (Å²) < 4.78 is 26.0. The molecule has 7 nitrogen and oxygen atoms in total. The Morgan fingerprint density at radius 1 is 1.11 bits per heavy atom. The first-order chi connectivity index (χ1) is 13.0. The van der Waals surface area contributed by atoms with Gasteiger partial charge >= 0.3 is 0 Å². The molecule has 3 rings (SSSR count). The predicted octanol–water partition coefficient (Wildman–Crippen LogP) is 2.33. The second-order valence-electron chi connectivity index (χ2n) is 6.58. The van der Waals surface area contributed by atoms with Gasteiger partial charge in [-0.15, -0.1) is 0 Å². The quantitative estimate of drug-likeness (QED) is 0.821. The Labute approximate surface area is 160 Å². The summed E-state index contributed by atoms with van der Waals surface area (Å²) in [6, 6.07) is 11.7. The lowest BCUT2D eigenvalue weighted by atomic mass is 10.1. The van der Waals surface area contributed by atoms with Crippen LogP contribution < -0.4 is 10.2 Å². The van der Waals surface area contributed by atoms with Crippen LogP contribution in [0.2, 0.25) is 0 Å². The highest BCUT2D eigenvalue weighted by Crippen LogP contribution is 2.19. The van der Waals surface area contributed by atoms with E-state index in [2.05, 4.69) is 15.2 Å². The Balaban J connectivity index is 1.58. The Kier molecular flexibility index (Phi) is 6.08. The molecule has 0 aliphatic carbocycles. The summed E-state index contributed by atoms with van der Waals surface area (Å²) in [5.41, 5.74) is 0.547. The minimum Gasteiger partial charge on any atom is -0.357 e. The van der Waals surface area contributed by atoms with Gasteiger partial charge in [0.05, 0.1) is 23.3 Å². The molecule has 8 heteroatoms. The zero-order chi connectivity index (χ0) is 19.3. The molecule has 0 saturated carbocycles. The highest BCUT2D eigenvalue weighted by atomic mass is 32.2.